The number of allylic oxidation sites excluding steroid dienone is 18. The van der Waals surface area contributed by atoms with E-state index >= 15 is 0 Å². The van der Waals surface area contributed by atoms with E-state index in [1.54, 1.807) is 0 Å². The lowest BCUT2D eigenvalue weighted by molar-refractivity contribution is -0.150. The number of carbonyl (C=O) groups excluding carboxylic acids is 2. The van der Waals surface area contributed by atoms with E-state index in [2.05, 4.69) is 129 Å². The van der Waals surface area contributed by atoms with Crippen molar-refractivity contribution in [1.82, 2.24) is 5.32 Å². The molecule has 1 amide bonds. The van der Waals surface area contributed by atoms with Gasteiger partial charge in [0.25, 0.3) is 0 Å². The van der Waals surface area contributed by atoms with Crippen molar-refractivity contribution in [3.05, 3.63) is 109 Å². The Labute approximate surface area is 362 Å². The molecule has 0 radical (unpaired) electrons. The first kappa shape index (κ1) is 55.5. The minimum atomic E-state index is -0.815. The molecule has 3 atom stereocenters. The van der Waals surface area contributed by atoms with Gasteiger partial charge >= 0.3 is 5.97 Å². The maximum absolute atomic E-state index is 13.1. The van der Waals surface area contributed by atoms with Crippen LogP contribution in [0.2, 0.25) is 0 Å². The molecule has 6 heteroatoms. The van der Waals surface area contributed by atoms with Crippen molar-refractivity contribution in [2.75, 3.05) is 6.61 Å². The number of ether oxygens (including phenoxy) is 1. The van der Waals surface area contributed by atoms with Gasteiger partial charge in [-0.1, -0.05) is 188 Å². The molecule has 0 aromatic rings. The SMILES string of the molecule is CC/C=C\C/C=C\C/C=C\C/C=C\C/C=C\C/C=C\CCC(=O)OC(CCCC/C=C/C/C=C/C/C=C/CC)CC(=O)NC(CO)C(O)CCCCCCCCCCC. The van der Waals surface area contributed by atoms with Gasteiger partial charge in [0.05, 0.1) is 25.2 Å². The summed E-state index contributed by atoms with van der Waals surface area (Å²) in [5.74, 6) is -0.627. The Morgan fingerprint density at radius 3 is 1.37 bits per heavy atom. The van der Waals surface area contributed by atoms with Gasteiger partial charge in [-0.3, -0.25) is 9.59 Å². The number of esters is 1. The summed E-state index contributed by atoms with van der Waals surface area (Å²) in [6, 6.07) is -0.733. The number of hydrogen-bond acceptors (Lipinski definition) is 5. The molecule has 0 rings (SSSR count). The molecule has 3 unspecified atom stereocenters. The van der Waals surface area contributed by atoms with E-state index in [9.17, 15) is 19.8 Å². The van der Waals surface area contributed by atoms with Gasteiger partial charge in [0.1, 0.15) is 6.10 Å². The largest absolute Gasteiger partial charge is 0.462 e. The normalized spacial score (nSPS) is 14.3. The van der Waals surface area contributed by atoms with Crippen molar-refractivity contribution in [3.63, 3.8) is 0 Å². The molecule has 0 saturated heterocycles. The van der Waals surface area contributed by atoms with E-state index in [0.717, 1.165) is 96.3 Å². The summed E-state index contributed by atoms with van der Waals surface area (Å²) in [5.41, 5.74) is 0. The Hall–Kier alpha value is -3.48. The highest BCUT2D eigenvalue weighted by atomic mass is 16.5. The second kappa shape index (κ2) is 45.6. The summed E-state index contributed by atoms with van der Waals surface area (Å²) < 4.78 is 5.84. The summed E-state index contributed by atoms with van der Waals surface area (Å²) in [5, 5.41) is 23.6. The monoisotopic (exact) mass is 818 g/mol. The Kier molecular flexibility index (Phi) is 42.9. The molecule has 334 valence electrons. The molecule has 0 aromatic heterocycles. The number of nitrogens with one attached hydrogen (secondary N) is 1. The molecule has 0 heterocycles. The third kappa shape index (κ3) is 41.1. The van der Waals surface area contributed by atoms with Crippen LogP contribution in [0.5, 0.6) is 0 Å². The van der Waals surface area contributed by atoms with Crippen molar-refractivity contribution < 1.29 is 24.5 Å². The van der Waals surface area contributed by atoms with Gasteiger partial charge in [-0.25, -0.2) is 0 Å². The summed E-state index contributed by atoms with van der Waals surface area (Å²) in [6.07, 6.45) is 61.6. The van der Waals surface area contributed by atoms with Gasteiger partial charge in [0, 0.05) is 6.42 Å². The first-order chi connectivity index (χ1) is 29.0. The Bertz CT molecular complexity index is 1240. The van der Waals surface area contributed by atoms with E-state index in [0.29, 0.717) is 19.3 Å². The van der Waals surface area contributed by atoms with Crippen LogP contribution in [0, 0.1) is 0 Å². The van der Waals surface area contributed by atoms with E-state index < -0.39 is 18.2 Å². The quantitative estimate of drug-likeness (QED) is 0.0325. The molecule has 0 aliphatic rings. The predicted molar refractivity (Wildman–Crippen MR) is 254 cm³/mol. The van der Waals surface area contributed by atoms with Crippen LogP contribution in [-0.4, -0.2) is 46.9 Å². The van der Waals surface area contributed by atoms with Gasteiger partial charge in [0.15, 0.2) is 0 Å². The minimum Gasteiger partial charge on any atom is -0.462 e. The maximum Gasteiger partial charge on any atom is 0.306 e. The van der Waals surface area contributed by atoms with Crippen LogP contribution in [0.15, 0.2) is 109 Å². The van der Waals surface area contributed by atoms with Crippen molar-refractivity contribution in [2.24, 2.45) is 0 Å². The average Bonchev–Trinajstić information content (AvgIpc) is 3.23. The number of hydrogen-bond donors (Lipinski definition) is 3. The van der Waals surface area contributed by atoms with E-state index in [1.165, 1.54) is 38.5 Å². The zero-order chi connectivity index (χ0) is 43.1. The van der Waals surface area contributed by atoms with Gasteiger partial charge in [-0.15, -0.1) is 0 Å². The summed E-state index contributed by atoms with van der Waals surface area (Å²) >= 11 is 0. The molecular formula is C53H87NO5. The number of carbonyl (C=O) groups is 2. The lowest BCUT2D eigenvalue weighted by Gasteiger charge is -2.24. The van der Waals surface area contributed by atoms with Crippen molar-refractivity contribution in [3.8, 4) is 0 Å². The zero-order valence-electron chi connectivity index (χ0n) is 37.8. The number of rotatable bonds is 40. The van der Waals surface area contributed by atoms with Crippen LogP contribution in [0.1, 0.15) is 188 Å². The number of unbranched alkanes of at least 4 members (excludes halogenated alkanes) is 10. The summed E-state index contributed by atoms with van der Waals surface area (Å²) in [7, 11) is 0. The predicted octanol–water partition coefficient (Wildman–Crippen LogP) is 13.9. The van der Waals surface area contributed by atoms with Crippen molar-refractivity contribution >= 4 is 11.9 Å². The molecule has 3 N–H and O–H groups in total. The summed E-state index contributed by atoms with van der Waals surface area (Å²) in [4.78, 5) is 26.0. The van der Waals surface area contributed by atoms with E-state index in [-0.39, 0.29) is 31.3 Å². The smallest absolute Gasteiger partial charge is 0.306 e. The molecule has 0 saturated carbocycles. The van der Waals surface area contributed by atoms with Crippen LogP contribution >= 0.6 is 0 Å². The van der Waals surface area contributed by atoms with Crippen molar-refractivity contribution in [2.45, 2.75) is 206 Å². The van der Waals surface area contributed by atoms with Gasteiger partial charge < -0.3 is 20.3 Å². The van der Waals surface area contributed by atoms with Gasteiger partial charge in [-0.05, 0) is 96.3 Å². The molecule has 0 aliphatic heterocycles. The Balaban J connectivity index is 4.76. The number of aliphatic hydroxyl groups is 2. The third-order valence-electron chi connectivity index (χ3n) is 9.86. The highest BCUT2D eigenvalue weighted by Gasteiger charge is 2.23. The number of aliphatic hydroxyl groups excluding tert-OH is 2. The second-order valence-corrected chi connectivity index (χ2v) is 15.4. The molecule has 0 aliphatic carbocycles. The van der Waals surface area contributed by atoms with Crippen LogP contribution in [-0.2, 0) is 14.3 Å². The number of amides is 1. The Morgan fingerprint density at radius 1 is 0.508 bits per heavy atom. The fourth-order valence-electron chi connectivity index (χ4n) is 6.35. The highest BCUT2D eigenvalue weighted by Crippen LogP contribution is 2.15. The van der Waals surface area contributed by atoms with Crippen LogP contribution in [0.3, 0.4) is 0 Å². The highest BCUT2D eigenvalue weighted by molar-refractivity contribution is 5.77. The molecule has 59 heavy (non-hydrogen) atoms. The average molecular weight is 818 g/mol. The molecule has 0 fully saturated rings. The first-order valence-corrected chi connectivity index (χ1v) is 23.6. The van der Waals surface area contributed by atoms with E-state index in [1.807, 2.05) is 6.08 Å². The molecule has 6 nitrogen and oxygen atoms in total. The Morgan fingerprint density at radius 2 is 0.915 bits per heavy atom. The van der Waals surface area contributed by atoms with Gasteiger partial charge in [0.2, 0.25) is 5.91 Å². The fraction of sp³-hybridized carbons (Fsp3) is 0.623. The summed E-state index contributed by atoms with van der Waals surface area (Å²) in [6.45, 7) is 6.18. The molecule has 0 bridgehead atoms. The zero-order valence-corrected chi connectivity index (χ0v) is 37.8. The molecular weight excluding hydrogens is 731 g/mol. The lowest BCUT2D eigenvalue weighted by atomic mass is 10.0. The van der Waals surface area contributed by atoms with Crippen LogP contribution in [0.4, 0.5) is 0 Å². The standard InChI is InChI=1S/C53H87NO5/c1-4-7-10-13-16-19-21-23-24-25-26-27-28-29-31-34-37-40-43-46-53(58)59-49(44-41-38-35-33-30-22-20-17-14-11-8-5-2)47-52(57)54-50(48-55)51(56)45-42-39-36-32-18-15-12-9-6-3/h7-8,10-11,16-17,19-20,23-24,26-27,29-31,33,37,40,49-51,55-56H,4-6,9,12-15,18,21-22,25,28,32,34-36,38-39,41-48H2,1-3H3,(H,54,57)/b10-7-,11-8+,19-16-,20-17+,24-23-,27-26-,31-29-,33-30+,40-37-. The van der Waals surface area contributed by atoms with Crippen molar-refractivity contribution in [1.29, 1.82) is 0 Å². The van der Waals surface area contributed by atoms with Crippen LogP contribution in [0.25, 0.3) is 0 Å². The molecule has 0 aromatic carbocycles. The third-order valence-corrected chi connectivity index (χ3v) is 9.86. The van der Waals surface area contributed by atoms with Crippen LogP contribution < -0.4 is 5.32 Å². The molecule has 0 spiro atoms. The first-order valence-electron chi connectivity index (χ1n) is 23.6. The second-order valence-electron chi connectivity index (χ2n) is 15.4. The minimum absolute atomic E-state index is 0.0139. The fourth-order valence-corrected chi connectivity index (χ4v) is 6.35. The van der Waals surface area contributed by atoms with Gasteiger partial charge in [-0.2, -0.15) is 0 Å². The maximum atomic E-state index is 13.1. The lowest BCUT2D eigenvalue weighted by Crippen LogP contribution is -2.46. The van der Waals surface area contributed by atoms with E-state index in [4.69, 9.17) is 4.74 Å². The topological polar surface area (TPSA) is 95.9 Å².